The van der Waals surface area contributed by atoms with Crippen molar-refractivity contribution in [1.29, 1.82) is 0 Å². The van der Waals surface area contributed by atoms with E-state index in [0.717, 1.165) is 69.8 Å². The quantitative estimate of drug-likeness (QED) is 0.182. The maximum atomic E-state index is 10.9. The van der Waals surface area contributed by atoms with Crippen molar-refractivity contribution in [3.05, 3.63) is 77.9 Å². The number of rotatable bonds is 11. The Hall–Kier alpha value is -2.93. The molecule has 304 valence electrons. The average Bonchev–Trinajstić information content (AvgIpc) is 3.56. The molecule has 4 saturated carbocycles. The van der Waals surface area contributed by atoms with Gasteiger partial charge >= 0.3 is 0 Å². The van der Waals surface area contributed by atoms with Crippen molar-refractivity contribution in [3.8, 4) is 11.5 Å². The first-order valence-electron chi connectivity index (χ1n) is 22.2. The van der Waals surface area contributed by atoms with Crippen LogP contribution in [0, 0.1) is 51.2 Å². The number of methoxy groups -OCH3 is 1. The Morgan fingerprint density at radius 2 is 1.61 bits per heavy atom. The lowest BCUT2D eigenvalue weighted by Gasteiger charge is -2.72. The Morgan fingerprint density at radius 1 is 0.857 bits per heavy atom. The average molecular weight is 762 g/mol. The van der Waals surface area contributed by atoms with Gasteiger partial charge in [0.05, 0.1) is 7.11 Å². The molecule has 56 heavy (non-hydrogen) atoms. The topological polar surface area (TPSA) is 54.0 Å². The number of hydrogen-bond donors (Lipinski definition) is 1. The van der Waals surface area contributed by atoms with E-state index in [1.807, 2.05) is 18.2 Å². The molecule has 0 amide bonds. The lowest BCUT2D eigenvalue weighted by molar-refractivity contribution is -0.219. The molecule has 6 nitrogen and oxygen atoms in total. The highest BCUT2D eigenvalue weighted by molar-refractivity contribution is 5.72. The van der Waals surface area contributed by atoms with Crippen molar-refractivity contribution in [2.24, 2.45) is 51.2 Å². The zero-order valence-corrected chi connectivity index (χ0v) is 35.8. The Balaban J connectivity index is 0.963. The summed E-state index contributed by atoms with van der Waals surface area (Å²) < 4.78 is 10.6. The van der Waals surface area contributed by atoms with Crippen LogP contribution in [0.4, 0.5) is 0 Å². The van der Waals surface area contributed by atoms with Crippen LogP contribution < -0.4 is 14.8 Å². The van der Waals surface area contributed by atoms with Crippen LogP contribution in [0.2, 0.25) is 0 Å². The van der Waals surface area contributed by atoms with E-state index >= 15 is 0 Å². The molecule has 6 heteroatoms. The number of hydrogen-bond acceptors (Lipinski definition) is 6. The van der Waals surface area contributed by atoms with E-state index in [-0.39, 0.29) is 16.4 Å². The summed E-state index contributed by atoms with van der Waals surface area (Å²) in [5.74, 6) is 4.98. The van der Waals surface area contributed by atoms with Crippen LogP contribution in [0.25, 0.3) is 5.57 Å². The number of benzene rings is 2. The molecule has 0 unspecified atom stereocenters. The molecule has 2 aromatic rings. The Morgan fingerprint density at radius 3 is 2.32 bits per heavy atom. The van der Waals surface area contributed by atoms with E-state index in [2.05, 4.69) is 99.6 Å². The lowest BCUT2D eigenvalue weighted by Crippen LogP contribution is -2.68. The van der Waals surface area contributed by atoms with Crippen molar-refractivity contribution in [1.82, 2.24) is 15.1 Å². The number of fused-ring (bicyclic) bond motifs is 7. The predicted octanol–water partition coefficient (Wildman–Crippen LogP) is 10.0. The van der Waals surface area contributed by atoms with Gasteiger partial charge in [-0.05, 0) is 157 Å². The summed E-state index contributed by atoms with van der Waals surface area (Å²) in [6.07, 6.45) is 14.4. The van der Waals surface area contributed by atoms with Crippen molar-refractivity contribution < 1.29 is 14.3 Å². The summed E-state index contributed by atoms with van der Waals surface area (Å²) in [5.41, 5.74) is 6.77. The van der Waals surface area contributed by atoms with Gasteiger partial charge in [-0.1, -0.05) is 77.1 Å². The molecule has 8 rings (SSSR count). The monoisotopic (exact) mass is 762 g/mol. The second-order valence-electron chi connectivity index (χ2n) is 20.5. The van der Waals surface area contributed by atoms with Gasteiger partial charge in [-0.25, -0.2) is 0 Å². The number of ether oxygens (including phenoxy) is 2. The van der Waals surface area contributed by atoms with E-state index < -0.39 is 0 Å². The zero-order chi connectivity index (χ0) is 39.5. The van der Waals surface area contributed by atoms with Gasteiger partial charge in [0.1, 0.15) is 11.5 Å². The first kappa shape index (κ1) is 39.9. The van der Waals surface area contributed by atoms with Gasteiger partial charge in [0.15, 0.2) is 0 Å². The minimum Gasteiger partial charge on any atom is -0.497 e. The smallest absolute Gasteiger partial charge is 0.298 e. The van der Waals surface area contributed by atoms with Gasteiger partial charge < -0.3 is 14.8 Å². The van der Waals surface area contributed by atoms with Gasteiger partial charge in [-0.15, -0.1) is 0 Å². The fourth-order valence-electron chi connectivity index (χ4n) is 15.0. The molecule has 0 radical (unpaired) electrons. The molecule has 6 aliphatic rings. The van der Waals surface area contributed by atoms with Crippen LogP contribution in [0.1, 0.15) is 110 Å². The van der Waals surface area contributed by atoms with Crippen LogP contribution in [-0.4, -0.2) is 68.2 Å². The number of piperazine rings is 1. The second kappa shape index (κ2) is 15.0. The Kier molecular flexibility index (Phi) is 10.7. The van der Waals surface area contributed by atoms with E-state index in [1.54, 1.807) is 7.11 Å². The maximum Gasteiger partial charge on any atom is 0.298 e. The molecule has 0 aromatic heterocycles. The summed E-state index contributed by atoms with van der Waals surface area (Å²) in [5, 5.41) is 4.38. The zero-order valence-electron chi connectivity index (χ0n) is 35.8. The standard InChI is InChI=1S/C50H71N3O3/c1-35(2)40-18-23-50(51-26-27-52-28-30-53(31-29-52)33-36-10-9-11-39(32-36)55-8)25-24-48(6)42(45(40)50)16-17-44-47(5)21-19-41(37-12-14-38(15-13-37)56-34-54)46(3,4)43(47)20-22-49(44,48)7/h9-15,19,32,34,40,42-45,51H,1,16-18,20-31,33H2,2-8H3/t40-,42+,43-,44+,45+,47-,48+,49+,50-/m0/s1. The normalized spacial score (nSPS) is 38.0. The van der Waals surface area contributed by atoms with Crippen molar-refractivity contribution in [2.75, 3.05) is 46.4 Å². The van der Waals surface area contributed by atoms with Crippen molar-refractivity contribution in [2.45, 2.75) is 111 Å². The van der Waals surface area contributed by atoms with Gasteiger partial charge in [-0.2, -0.15) is 0 Å². The molecule has 1 heterocycles. The minimum absolute atomic E-state index is 0.0733. The molecule has 0 bridgehead atoms. The highest BCUT2D eigenvalue weighted by Crippen LogP contribution is 2.76. The predicted molar refractivity (Wildman–Crippen MR) is 228 cm³/mol. The molecule has 1 saturated heterocycles. The van der Waals surface area contributed by atoms with E-state index in [0.29, 0.717) is 40.8 Å². The number of carbonyl (C=O) groups is 1. The van der Waals surface area contributed by atoms with E-state index in [4.69, 9.17) is 9.47 Å². The number of allylic oxidation sites excluding steroid dienone is 3. The van der Waals surface area contributed by atoms with Crippen molar-refractivity contribution in [3.63, 3.8) is 0 Å². The van der Waals surface area contributed by atoms with Crippen LogP contribution in [0.15, 0.2) is 66.8 Å². The maximum absolute atomic E-state index is 10.9. The van der Waals surface area contributed by atoms with Gasteiger partial charge in [0, 0.05) is 51.4 Å². The van der Waals surface area contributed by atoms with Crippen LogP contribution in [0.5, 0.6) is 11.5 Å². The van der Waals surface area contributed by atoms with E-state index in [1.165, 1.54) is 73.6 Å². The number of nitrogens with one attached hydrogen (secondary N) is 1. The summed E-state index contributed by atoms with van der Waals surface area (Å²) in [4.78, 5) is 16.2. The van der Waals surface area contributed by atoms with E-state index in [9.17, 15) is 4.79 Å². The van der Waals surface area contributed by atoms with Gasteiger partial charge in [-0.3, -0.25) is 14.6 Å². The molecule has 1 N–H and O–H groups in total. The van der Waals surface area contributed by atoms with Crippen LogP contribution in [-0.2, 0) is 11.3 Å². The van der Waals surface area contributed by atoms with Gasteiger partial charge in [0.25, 0.3) is 6.47 Å². The fraction of sp³-hybridized carbons (Fsp3) is 0.660. The molecule has 1 aliphatic heterocycles. The summed E-state index contributed by atoms with van der Waals surface area (Å²) in [6, 6.07) is 16.7. The Bertz CT molecular complexity index is 1790. The highest BCUT2D eigenvalue weighted by atomic mass is 16.5. The first-order chi connectivity index (χ1) is 26.8. The third-order valence-electron chi connectivity index (χ3n) is 17.9. The molecule has 5 fully saturated rings. The summed E-state index contributed by atoms with van der Waals surface area (Å²) >= 11 is 0. The van der Waals surface area contributed by atoms with Crippen molar-refractivity contribution >= 4 is 12.0 Å². The molecular formula is C50H71N3O3. The first-order valence-corrected chi connectivity index (χ1v) is 22.2. The molecule has 9 atom stereocenters. The summed E-state index contributed by atoms with van der Waals surface area (Å²) in [7, 11) is 1.75. The van der Waals surface area contributed by atoms with Crippen LogP contribution in [0.3, 0.4) is 0 Å². The van der Waals surface area contributed by atoms with Gasteiger partial charge in [0.2, 0.25) is 0 Å². The molecule has 5 aliphatic carbocycles. The van der Waals surface area contributed by atoms with Crippen LogP contribution >= 0.6 is 0 Å². The molecule has 2 aromatic carbocycles. The highest BCUT2D eigenvalue weighted by Gasteiger charge is 2.70. The summed E-state index contributed by atoms with van der Waals surface area (Å²) in [6.45, 7) is 28.6. The fourth-order valence-corrected chi connectivity index (χ4v) is 15.0. The minimum atomic E-state index is 0.0733. The third kappa shape index (κ3) is 6.53. The SMILES string of the molecule is C=C(C)[C@@H]1CC[C@]2(NCCN3CCN(Cc4cccc(OC)c4)CC3)CC[C@]3(C)[C@H](CC[C@@H]4[C@@]5(C)CC=C(c6ccc(OC=O)cc6)C(C)(C)[C@@H]5CC[C@]43C)[C@@H]12. The number of nitrogens with zero attached hydrogens (tertiary/aromatic N) is 2. The third-order valence-corrected chi connectivity index (χ3v) is 17.9. The molecule has 0 spiro atoms. The largest absolute Gasteiger partial charge is 0.497 e. The Labute approximate surface area is 338 Å². The second-order valence-corrected chi connectivity index (χ2v) is 20.5. The lowest BCUT2D eigenvalue weighted by atomic mass is 9.33. The number of carbonyl (C=O) groups excluding carboxylic acids is 1. The molecular weight excluding hydrogens is 691 g/mol.